The van der Waals surface area contributed by atoms with E-state index in [2.05, 4.69) is 29.7 Å². The van der Waals surface area contributed by atoms with E-state index in [9.17, 15) is 4.79 Å². The molecule has 5 heteroatoms. The summed E-state index contributed by atoms with van der Waals surface area (Å²) in [7, 11) is 1.85. The van der Waals surface area contributed by atoms with E-state index in [-0.39, 0.29) is 5.91 Å². The fraction of sp³-hybridized carbons (Fsp3) is 0.455. The van der Waals surface area contributed by atoms with Crippen molar-refractivity contribution in [2.75, 3.05) is 43.0 Å². The number of benzene rings is 1. The zero-order valence-electron chi connectivity index (χ0n) is 17.1. The number of pyridine rings is 1. The van der Waals surface area contributed by atoms with Gasteiger partial charge in [-0.25, -0.2) is 4.98 Å². The molecule has 27 heavy (non-hydrogen) atoms. The third kappa shape index (κ3) is 3.69. The van der Waals surface area contributed by atoms with Gasteiger partial charge in [0.2, 0.25) is 0 Å². The van der Waals surface area contributed by atoms with Crippen LogP contribution in [-0.2, 0) is 0 Å². The number of rotatable bonds is 6. The molecule has 0 bridgehead atoms. The van der Waals surface area contributed by atoms with E-state index in [1.54, 1.807) is 4.90 Å². The first-order valence-electron chi connectivity index (χ1n) is 9.83. The lowest BCUT2D eigenvalue weighted by molar-refractivity contribution is 0.0993. The number of aryl methyl sites for hydroxylation is 2. The molecule has 0 unspecified atom stereocenters. The van der Waals surface area contributed by atoms with E-state index >= 15 is 0 Å². The second kappa shape index (κ2) is 8.09. The van der Waals surface area contributed by atoms with Crippen LogP contribution in [-0.4, -0.2) is 49.0 Å². The number of hydrogen-bond acceptors (Lipinski definition) is 4. The molecule has 2 heterocycles. The quantitative estimate of drug-likeness (QED) is 0.770. The molecule has 0 saturated carbocycles. The highest BCUT2D eigenvalue weighted by atomic mass is 16.2. The van der Waals surface area contributed by atoms with Gasteiger partial charge < -0.3 is 14.7 Å². The molecule has 0 fully saturated rings. The number of amides is 1. The van der Waals surface area contributed by atoms with Crippen LogP contribution >= 0.6 is 0 Å². The smallest absolute Gasteiger partial charge is 0.262 e. The summed E-state index contributed by atoms with van der Waals surface area (Å²) >= 11 is 0. The Hall–Kier alpha value is -2.40. The first kappa shape index (κ1) is 19.4. The topological polar surface area (TPSA) is 39.7 Å². The van der Waals surface area contributed by atoms with Crippen LogP contribution in [0.15, 0.2) is 30.3 Å². The van der Waals surface area contributed by atoms with Crippen molar-refractivity contribution < 1.29 is 4.79 Å². The molecule has 1 amide bonds. The molecule has 3 rings (SSSR count). The predicted molar refractivity (Wildman–Crippen MR) is 112 cm³/mol. The molecule has 0 N–H and O–H groups in total. The van der Waals surface area contributed by atoms with E-state index in [1.807, 2.05) is 45.2 Å². The van der Waals surface area contributed by atoms with Gasteiger partial charge in [0, 0.05) is 19.3 Å². The van der Waals surface area contributed by atoms with Crippen molar-refractivity contribution in [1.82, 2.24) is 9.88 Å². The molecule has 2 aromatic rings. The molecular weight excluding hydrogens is 336 g/mol. The van der Waals surface area contributed by atoms with E-state index in [1.165, 1.54) is 0 Å². The van der Waals surface area contributed by atoms with Gasteiger partial charge in [0.15, 0.2) is 0 Å². The second-order valence-corrected chi connectivity index (χ2v) is 7.16. The number of anilines is 3. The zero-order chi connectivity index (χ0) is 19.6. The van der Waals surface area contributed by atoms with Gasteiger partial charge in [-0.1, -0.05) is 26.0 Å². The highest BCUT2D eigenvalue weighted by molar-refractivity contribution is 6.13. The summed E-state index contributed by atoms with van der Waals surface area (Å²) in [4.78, 5) is 24.4. The minimum absolute atomic E-state index is 0.00805. The van der Waals surface area contributed by atoms with Gasteiger partial charge in [0.1, 0.15) is 5.82 Å². The van der Waals surface area contributed by atoms with Gasteiger partial charge in [0.25, 0.3) is 5.91 Å². The molecule has 5 nitrogen and oxygen atoms in total. The molecule has 1 aromatic heterocycles. The van der Waals surface area contributed by atoms with Crippen LogP contribution in [0.5, 0.6) is 0 Å². The van der Waals surface area contributed by atoms with Crippen LogP contribution in [0.4, 0.5) is 17.2 Å². The van der Waals surface area contributed by atoms with Crippen molar-refractivity contribution in [1.29, 1.82) is 0 Å². The van der Waals surface area contributed by atoms with E-state index in [0.717, 1.165) is 61.0 Å². The Morgan fingerprint density at radius 3 is 2.41 bits per heavy atom. The fourth-order valence-corrected chi connectivity index (χ4v) is 3.86. The van der Waals surface area contributed by atoms with Gasteiger partial charge in [0.05, 0.1) is 16.9 Å². The summed E-state index contributed by atoms with van der Waals surface area (Å²) in [5.41, 5.74) is 4.61. The van der Waals surface area contributed by atoms with Gasteiger partial charge in [-0.3, -0.25) is 4.79 Å². The van der Waals surface area contributed by atoms with Crippen LogP contribution in [0.2, 0.25) is 0 Å². The largest absolute Gasteiger partial charge is 0.324 e. The van der Waals surface area contributed by atoms with Crippen molar-refractivity contribution in [2.24, 2.45) is 0 Å². The SMILES string of the molecule is CCN(CC)CCCN1c2ccccc2N(C)C(=O)c2c(C)cc(C)nc21. The number of nitrogens with zero attached hydrogens (tertiary/aromatic N) is 4. The van der Waals surface area contributed by atoms with E-state index in [0.29, 0.717) is 5.56 Å². The second-order valence-electron chi connectivity index (χ2n) is 7.16. The average Bonchev–Trinajstić information content (AvgIpc) is 2.74. The lowest BCUT2D eigenvalue weighted by atomic mass is 10.1. The first-order valence-corrected chi connectivity index (χ1v) is 9.83. The Kier molecular flexibility index (Phi) is 5.80. The normalized spacial score (nSPS) is 13.6. The molecule has 0 spiro atoms. The molecule has 1 aliphatic heterocycles. The average molecular weight is 367 g/mol. The van der Waals surface area contributed by atoms with Gasteiger partial charge in [-0.15, -0.1) is 0 Å². The Balaban J connectivity index is 2.07. The molecule has 1 aliphatic rings. The molecule has 0 atom stereocenters. The third-order valence-corrected chi connectivity index (χ3v) is 5.38. The van der Waals surface area contributed by atoms with Crippen molar-refractivity contribution in [3.05, 3.63) is 47.2 Å². The molecule has 0 aliphatic carbocycles. The summed E-state index contributed by atoms with van der Waals surface area (Å²) in [6.45, 7) is 12.4. The summed E-state index contributed by atoms with van der Waals surface area (Å²) in [6.07, 6.45) is 1.02. The lowest BCUT2D eigenvalue weighted by Crippen LogP contribution is -2.28. The minimum atomic E-state index is 0.00805. The highest BCUT2D eigenvalue weighted by Gasteiger charge is 2.31. The molecule has 0 radical (unpaired) electrons. The van der Waals surface area contributed by atoms with Crippen LogP contribution in [0.3, 0.4) is 0 Å². The zero-order valence-corrected chi connectivity index (χ0v) is 17.1. The highest BCUT2D eigenvalue weighted by Crippen LogP contribution is 2.40. The number of aromatic nitrogens is 1. The van der Waals surface area contributed by atoms with Crippen molar-refractivity contribution in [2.45, 2.75) is 34.1 Å². The maximum absolute atomic E-state index is 13.2. The Bertz CT molecular complexity index is 829. The number of carbonyl (C=O) groups excluding carboxylic acids is 1. The molecular formula is C22H30N4O. The Morgan fingerprint density at radius 2 is 1.74 bits per heavy atom. The van der Waals surface area contributed by atoms with Crippen molar-refractivity contribution in [3.63, 3.8) is 0 Å². The number of para-hydroxylation sites is 2. The van der Waals surface area contributed by atoms with Gasteiger partial charge in [-0.2, -0.15) is 0 Å². The number of carbonyl (C=O) groups is 1. The van der Waals surface area contributed by atoms with Crippen LogP contribution < -0.4 is 9.80 Å². The van der Waals surface area contributed by atoms with Crippen LogP contribution in [0, 0.1) is 13.8 Å². The lowest BCUT2D eigenvalue weighted by Gasteiger charge is -2.27. The predicted octanol–water partition coefficient (Wildman–Crippen LogP) is 4.16. The van der Waals surface area contributed by atoms with Gasteiger partial charge in [-0.05, 0) is 63.7 Å². The Morgan fingerprint density at radius 1 is 1.07 bits per heavy atom. The number of hydrogen-bond donors (Lipinski definition) is 0. The molecule has 144 valence electrons. The summed E-state index contributed by atoms with van der Waals surface area (Å²) in [5.74, 6) is 0.794. The van der Waals surface area contributed by atoms with Gasteiger partial charge >= 0.3 is 0 Å². The van der Waals surface area contributed by atoms with Crippen molar-refractivity contribution in [3.8, 4) is 0 Å². The monoisotopic (exact) mass is 366 g/mol. The summed E-state index contributed by atoms with van der Waals surface area (Å²) in [6, 6.07) is 10.1. The maximum atomic E-state index is 13.2. The minimum Gasteiger partial charge on any atom is -0.324 e. The summed E-state index contributed by atoms with van der Waals surface area (Å²) < 4.78 is 0. The van der Waals surface area contributed by atoms with E-state index < -0.39 is 0 Å². The molecule has 0 saturated heterocycles. The van der Waals surface area contributed by atoms with Crippen LogP contribution in [0.25, 0.3) is 0 Å². The fourth-order valence-electron chi connectivity index (χ4n) is 3.86. The van der Waals surface area contributed by atoms with E-state index in [4.69, 9.17) is 4.98 Å². The standard InChI is InChI=1S/C22H30N4O/c1-6-25(7-2)13-10-14-26-19-12-9-8-11-18(19)24(5)22(27)20-16(3)15-17(4)23-21(20)26/h8-9,11-12,15H,6-7,10,13-14H2,1-5H3. The summed E-state index contributed by atoms with van der Waals surface area (Å²) in [5, 5.41) is 0. The maximum Gasteiger partial charge on any atom is 0.262 e. The third-order valence-electron chi connectivity index (χ3n) is 5.38. The van der Waals surface area contributed by atoms with Crippen LogP contribution in [0.1, 0.15) is 41.9 Å². The first-order chi connectivity index (χ1) is 13.0. The molecule has 1 aromatic carbocycles. The van der Waals surface area contributed by atoms with Crippen molar-refractivity contribution >= 4 is 23.1 Å². The Labute approximate surface area is 162 Å². The number of fused-ring (bicyclic) bond motifs is 2.